The molecule has 0 bridgehead atoms. The van der Waals surface area contributed by atoms with E-state index < -0.39 is 0 Å². The smallest absolute Gasteiger partial charge is 0.119 e. The van der Waals surface area contributed by atoms with Gasteiger partial charge in [0.2, 0.25) is 0 Å². The lowest BCUT2D eigenvalue weighted by atomic mass is 10.1. The quantitative estimate of drug-likeness (QED) is 0.456. The van der Waals surface area contributed by atoms with Crippen molar-refractivity contribution < 1.29 is 9.47 Å². The highest BCUT2D eigenvalue weighted by molar-refractivity contribution is 5.86. The summed E-state index contributed by atoms with van der Waals surface area (Å²) in [5, 5.41) is 0. The zero-order valence-corrected chi connectivity index (χ0v) is 16.2. The first-order chi connectivity index (χ1) is 13.8. The molecule has 0 saturated heterocycles. The van der Waals surface area contributed by atoms with E-state index >= 15 is 0 Å². The summed E-state index contributed by atoms with van der Waals surface area (Å²) in [4.78, 5) is 9.00. The maximum atomic E-state index is 5.44. The summed E-state index contributed by atoms with van der Waals surface area (Å²) in [6.45, 7) is 5.27. The van der Waals surface area contributed by atoms with Gasteiger partial charge in [-0.25, -0.2) is 0 Å². The Hall–Kier alpha value is -3.40. The van der Waals surface area contributed by atoms with Gasteiger partial charge in [-0.05, 0) is 73.5 Å². The Balaban J connectivity index is 1.59. The third-order valence-corrected chi connectivity index (χ3v) is 3.96. The van der Waals surface area contributed by atoms with Gasteiger partial charge in [-0.1, -0.05) is 24.3 Å². The van der Waals surface area contributed by atoms with E-state index in [2.05, 4.69) is 9.98 Å². The predicted molar refractivity (Wildman–Crippen MR) is 116 cm³/mol. The van der Waals surface area contributed by atoms with Gasteiger partial charge in [0.1, 0.15) is 11.5 Å². The first-order valence-corrected chi connectivity index (χ1v) is 9.40. The average Bonchev–Trinajstić information content (AvgIpc) is 2.74. The zero-order chi connectivity index (χ0) is 19.6. The first kappa shape index (κ1) is 19.4. The first-order valence-electron chi connectivity index (χ1n) is 9.40. The third-order valence-electron chi connectivity index (χ3n) is 3.96. The van der Waals surface area contributed by atoms with Gasteiger partial charge >= 0.3 is 0 Å². The number of rotatable bonds is 8. The molecule has 0 aromatic heterocycles. The molecule has 0 aliphatic carbocycles. The van der Waals surface area contributed by atoms with Gasteiger partial charge in [-0.15, -0.1) is 0 Å². The molecule has 0 fully saturated rings. The monoisotopic (exact) mass is 372 g/mol. The van der Waals surface area contributed by atoms with Gasteiger partial charge in [0.15, 0.2) is 0 Å². The fourth-order valence-electron chi connectivity index (χ4n) is 2.56. The molecular weight excluding hydrogens is 348 g/mol. The molecule has 28 heavy (non-hydrogen) atoms. The number of nitrogens with zero attached hydrogens (tertiary/aromatic N) is 2. The van der Waals surface area contributed by atoms with Crippen LogP contribution < -0.4 is 9.47 Å². The van der Waals surface area contributed by atoms with Crippen LogP contribution in [-0.4, -0.2) is 25.6 Å². The van der Waals surface area contributed by atoms with Crippen LogP contribution in [0.25, 0.3) is 0 Å². The Morgan fingerprint density at radius 1 is 0.571 bits per heavy atom. The molecule has 3 aromatic carbocycles. The summed E-state index contributed by atoms with van der Waals surface area (Å²) in [5.74, 6) is 1.72. The van der Waals surface area contributed by atoms with Gasteiger partial charge in [0.25, 0.3) is 0 Å². The number of ether oxygens (including phenoxy) is 2. The van der Waals surface area contributed by atoms with Crippen molar-refractivity contribution in [3.8, 4) is 11.5 Å². The molecule has 0 aliphatic heterocycles. The van der Waals surface area contributed by atoms with Crippen LogP contribution in [0.3, 0.4) is 0 Å². The normalized spacial score (nSPS) is 11.2. The minimum Gasteiger partial charge on any atom is -0.494 e. The fraction of sp³-hybridized carbons (Fsp3) is 0.167. The molecule has 0 saturated carbocycles. The van der Waals surface area contributed by atoms with Crippen molar-refractivity contribution in [1.82, 2.24) is 0 Å². The molecule has 0 heterocycles. The van der Waals surface area contributed by atoms with Crippen LogP contribution in [0, 0.1) is 0 Å². The summed E-state index contributed by atoms with van der Waals surface area (Å²) >= 11 is 0. The molecule has 4 nitrogen and oxygen atoms in total. The van der Waals surface area contributed by atoms with E-state index in [1.54, 1.807) is 0 Å². The molecule has 142 valence electrons. The largest absolute Gasteiger partial charge is 0.494 e. The summed E-state index contributed by atoms with van der Waals surface area (Å²) in [6, 6.07) is 23.6. The van der Waals surface area contributed by atoms with Crippen LogP contribution in [-0.2, 0) is 0 Å². The van der Waals surface area contributed by atoms with Crippen LogP contribution in [0.5, 0.6) is 11.5 Å². The van der Waals surface area contributed by atoms with Crippen LogP contribution >= 0.6 is 0 Å². The minimum atomic E-state index is 0.664. The van der Waals surface area contributed by atoms with E-state index in [0.717, 1.165) is 34.0 Å². The third kappa shape index (κ3) is 5.81. The van der Waals surface area contributed by atoms with Gasteiger partial charge in [-0.2, -0.15) is 0 Å². The van der Waals surface area contributed by atoms with Crippen LogP contribution in [0.2, 0.25) is 0 Å². The average molecular weight is 372 g/mol. The molecule has 0 atom stereocenters. The number of aliphatic imine (C=N–C) groups is 2. The zero-order valence-electron chi connectivity index (χ0n) is 16.2. The van der Waals surface area contributed by atoms with Crippen LogP contribution in [0.1, 0.15) is 25.0 Å². The molecule has 0 N–H and O–H groups in total. The lowest BCUT2D eigenvalue weighted by molar-refractivity contribution is 0.340. The molecule has 0 radical (unpaired) electrons. The van der Waals surface area contributed by atoms with E-state index in [1.807, 2.05) is 99.1 Å². The topological polar surface area (TPSA) is 43.2 Å². The summed E-state index contributed by atoms with van der Waals surface area (Å²) < 4.78 is 10.9. The Morgan fingerprint density at radius 3 is 1.25 bits per heavy atom. The van der Waals surface area contributed by atoms with Crippen molar-refractivity contribution in [3.05, 3.63) is 83.9 Å². The molecule has 3 rings (SSSR count). The van der Waals surface area contributed by atoms with Crippen molar-refractivity contribution in [2.45, 2.75) is 13.8 Å². The van der Waals surface area contributed by atoms with Crippen molar-refractivity contribution in [2.75, 3.05) is 13.2 Å². The molecule has 0 aliphatic rings. The molecule has 0 spiro atoms. The highest BCUT2D eigenvalue weighted by Crippen LogP contribution is 2.19. The van der Waals surface area contributed by atoms with Gasteiger partial charge < -0.3 is 9.47 Å². The molecule has 0 unspecified atom stereocenters. The minimum absolute atomic E-state index is 0.664. The number of hydrogen-bond acceptors (Lipinski definition) is 4. The Morgan fingerprint density at radius 2 is 0.929 bits per heavy atom. The van der Waals surface area contributed by atoms with Crippen molar-refractivity contribution in [2.24, 2.45) is 9.98 Å². The predicted octanol–water partition coefficient (Wildman–Crippen LogP) is 5.99. The fourth-order valence-corrected chi connectivity index (χ4v) is 2.56. The van der Waals surface area contributed by atoms with Gasteiger partial charge in [0.05, 0.1) is 24.6 Å². The summed E-state index contributed by atoms with van der Waals surface area (Å²) in [5.41, 5.74) is 3.85. The summed E-state index contributed by atoms with van der Waals surface area (Å²) in [7, 11) is 0. The maximum absolute atomic E-state index is 5.44. The maximum Gasteiger partial charge on any atom is 0.119 e. The molecular formula is C24H24N2O2. The van der Waals surface area contributed by atoms with Gasteiger partial charge in [0, 0.05) is 12.4 Å². The summed E-state index contributed by atoms with van der Waals surface area (Å²) in [6.07, 6.45) is 3.70. The van der Waals surface area contributed by atoms with Crippen LogP contribution in [0.4, 0.5) is 11.4 Å². The van der Waals surface area contributed by atoms with Crippen molar-refractivity contribution in [3.63, 3.8) is 0 Å². The Labute approximate surface area is 166 Å². The second kappa shape index (κ2) is 10.1. The van der Waals surface area contributed by atoms with Gasteiger partial charge in [-0.3, -0.25) is 9.98 Å². The lowest BCUT2D eigenvalue weighted by Crippen LogP contribution is -1.90. The van der Waals surface area contributed by atoms with E-state index in [9.17, 15) is 0 Å². The highest BCUT2D eigenvalue weighted by atomic mass is 16.5. The van der Waals surface area contributed by atoms with E-state index in [-0.39, 0.29) is 0 Å². The van der Waals surface area contributed by atoms with E-state index in [4.69, 9.17) is 9.47 Å². The lowest BCUT2D eigenvalue weighted by Gasteiger charge is -2.02. The van der Waals surface area contributed by atoms with Crippen molar-refractivity contribution >= 4 is 23.8 Å². The molecule has 4 heteroatoms. The Bertz CT molecular complexity index is 834. The van der Waals surface area contributed by atoms with Crippen molar-refractivity contribution in [1.29, 1.82) is 0 Å². The number of benzene rings is 3. The Kier molecular flexibility index (Phi) is 6.96. The second-order valence-electron chi connectivity index (χ2n) is 6.04. The number of hydrogen-bond donors (Lipinski definition) is 0. The highest BCUT2D eigenvalue weighted by Gasteiger charge is 1.95. The van der Waals surface area contributed by atoms with Crippen LogP contribution in [0.15, 0.2) is 82.8 Å². The molecule has 0 amide bonds. The van der Waals surface area contributed by atoms with E-state index in [1.165, 1.54) is 0 Å². The second-order valence-corrected chi connectivity index (χ2v) is 6.04. The van der Waals surface area contributed by atoms with E-state index in [0.29, 0.717) is 13.2 Å². The standard InChI is InChI=1S/C24H24N2O2/c1-3-27-23-13-9-21(10-14-23)25-17-19-5-7-20(8-6-19)18-26-22-11-15-24(16-12-22)28-4-2/h5-18H,3-4H2,1-2H3. The SMILES string of the molecule is CCOc1ccc(N=Cc2ccc(C=Nc3ccc(OCC)cc3)cc2)cc1. The molecule has 3 aromatic rings.